The Bertz CT molecular complexity index is 1960. The lowest BCUT2D eigenvalue weighted by atomic mass is 9.81. The molecule has 0 spiro atoms. The summed E-state index contributed by atoms with van der Waals surface area (Å²) in [4.78, 5) is 16.2. The highest BCUT2D eigenvalue weighted by Crippen LogP contribution is 2.40. The van der Waals surface area contributed by atoms with E-state index in [0.717, 1.165) is 48.7 Å². The monoisotopic (exact) mass is 782 g/mol. The van der Waals surface area contributed by atoms with E-state index >= 15 is 4.39 Å². The molecule has 3 aromatic carbocycles. The number of thioether (sulfide) groups is 1. The van der Waals surface area contributed by atoms with Gasteiger partial charge in [0.25, 0.3) is 0 Å². The van der Waals surface area contributed by atoms with Crippen molar-refractivity contribution in [3.63, 3.8) is 0 Å². The molecule has 4 aromatic rings. The number of rotatable bonds is 16. The van der Waals surface area contributed by atoms with Gasteiger partial charge in [0.05, 0.1) is 68.6 Å². The number of carbonyl (C=O) groups excluding carboxylic acids is 1. The highest BCUT2D eigenvalue weighted by molar-refractivity contribution is 7.98. The Morgan fingerprint density at radius 2 is 1.73 bits per heavy atom. The van der Waals surface area contributed by atoms with Crippen molar-refractivity contribution in [2.24, 2.45) is 0 Å². The second kappa shape index (κ2) is 16.2. The van der Waals surface area contributed by atoms with Crippen LogP contribution < -0.4 is 9.84 Å². The first-order chi connectivity index (χ1) is 23.8. The molecule has 15 heteroatoms. The first-order valence-corrected chi connectivity index (χ1v) is 19.2. The number of halogens is 4. The Hall–Kier alpha value is -3.20. The molecule has 9 nitrogen and oxygen atoms in total. The number of carboxylic acids is 1. The van der Waals surface area contributed by atoms with Crippen molar-refractivity contribution in [3.05, 3.63) is 99.3 Å². The fourth-order valence-electron chi connectivity index (χ4n) is 5.62. The van der Waals surface area contributed by atoms with Gasteiger partial charge in [-0.3, -0.25) is 4.57 Å². The SMILES string of the molecule is COc1cc(C(C)(C)c2cnc(SCc3c(F)cc(S(=O)(=O)N(C)[C@@H](CCCC[N+](C)(C)C)C(=O)[O-])cc3Cl)n2-c2ccc(F)cc2)ccc1Cl. The maximum atomic E-state index is 15.7. The number of sulfonamides is 1. The summed E-state index contributed by atoms with van der Waals surface area (Å²) >= 11 is 14.0. The van der Waals surface area contributed by atoms with E-state index in [-0.39, 0.29) is 22.8 Å². The molecule has 0 unspecified atom stereocenters. The van der Waals surface area contributed by atoms with E-state index in [4.69, 9.17) is 27.9 Å². The van der Waals surface area contributed by atoms with Gasteiger partial charge >= 0.3 is 0 Å². The Kier molecular flexibility index (Phi) is 12.9. The Morgan fingerprint density at radius 1 is 1.06 bits per heavy atom. The number of unbranched alkanes of at least 4 members (excludes halogenated alkanes) is 1. The predicted octanol–water partition coefficient (Wildman–Crippen LogP) is 6.70. The van der Waals surface area contributed by atoms with E-state index in [1.165, 1.54) is 19.2 Å². The predicted molar refractivity (Wildman–Crippen MR) is 195 cm³/mol. The average molecular weight is 784 g/mol. The van der Waals surface area contributed by atoms with Gasteiger partial charge in [0.15, 0.2) is 5.16 Å². The summed E-state index contributed by atoms with van der Waals surface area (Å²) < 4.78 is 65.4. The minimum absolute atomic E-state index is 0.0249. The summed E-state index contributed by atoms with van der Waals surface area (Å²) in [6.45, 7) is 4.76. The number of aromatic nitrogens is 2. The molecule has 0 saturated heterocycles. The molecule has 1 atom stereocenters. The second-order valence-electron chi connectivity index (χ2n) is 13.7. The van der Waals surface area contributed by atoms with Crippen LogP contribution in [0.3, 0.4) is 0 Å². The number of carbonyl (C=O) groups is 1. The third kappa shape index (κ3) is 9.43. The summed E-state index contributed by atoms with van der Waals surface area (Å²) in [6, 6.07) is 11.8. The molecule has 51 heavy (non-hydrogen) atoms. The zero-order chi connectivity index (χ0) is 37.9. The lowest BCUT2D eigenvalue weighted by Gasteiger charge is -2.29. The third-order valence-corrected chi connectivity index (χ3v) is 12.2. The van der Waals surface area contributed by atoms with Crippen molar-refractivity contribution in [1.82, 2.24) is 13.9 Å². The van der Waals surface area contributed by atoms with E-state index in [1.54, 1.807) is 24.4 Å². The van der Waals surface area contributed by atoms with Crippen LogP contribution in [0.1, 0.15) is 49.9 Å². The maximum absolute atomic E-state index is 15.7. The second-order valence-corrected chi connectivity index (χ2v) is 17.5. The van der Waals surface area contributed by atoms with Crippen LogP contribution in [0.4, 0.5) is 8.78 Å². The molecule has 0 bridgehead atoms. The molecular formula is C36H42Cl2F2N4O5S2. The van der Waals surface area contributed by atoms with E-state index in [9.17, 15) is 22.7 Å². The highest BCUT2D eigenvalue weighted by atomic mass is 35.5. The molecule has 0 fully saturated rings. The lowest BCUT2D eigenvalue weighted by molar-refractivity contribution is -0.870. The van der Waals surface area contributed by atoms with Crippen LogP contribution in [0.25, 0.3) is 5.69 Å². The molecule has 4 rings (SSSR count). The number of nitrogens with zero attached hydrogens (tertiary/aromatic N) is 4. The van der Waals surface area contributed by atoms with Crippen molar-refractivity contribution in [3.8, 4) is 11.4 Å². The van der Waals surface area contributed by atoms with Crippen molar-refractivity contribution < 1.29 is 36.3 Å². The summed E-state index contributed by atoms with van der Waals surface area (Å²) in [7, 11) is 4.23. The van der Waals surface area contributed by atoms with Gasteiger partial charge in [-0.25, -0.2) is 22.2 Å². The zero-order valence-electron chi connectivity index (χ0n) is 29.5. The molecule has 0 aliphatic heterocycles. The Balaban J connectivity index is 1.64. The van der Waals surface area contributed by atoms with Gasteiger partial charge in [0.1, 0.15) is 17.4 Å². The largest absolute Gasteiger partial charge is 0.548 e. The number of hydrogen-bond acceptors (Lipinski definition) is 7. The van der Waals surface area contributed by atoms with Crippen LogP contribution in [-0.2, 0) is 26.0 Å². The van der Waals surface area contributed by atoms with Gasteiger partial charge in [0, 0.05) is 34.5 Å². The fourth-order valence-corrected chi connectivity index (χ4v) is 8.64. The Morgan fingerprint density at radius 3 is 2.31 bits per heavy atom. The molecule has 276 valence electrons. The number of quaternary nitrogens is 1. The lowest BCUT2D eigenvalue weighted by Crippen LogP contribution is -2.48. The van der Waals surface area contributed by atoms with Crippen LogP contribution in [0, 0.1) is 11.6 Å². The fraction of sp³-hybridized carbons (Fsp3) is 0.389. The maximum Gasteiger partial charge on any atom is 0.243 e. The molecule has 0 amide bonds. The number of benzene rings is 3. The number of methoxy groups -OCH3 is 1. The van der Waals surface area contributed by atoms with E-state index in [2.05, 4.69) is 4.98 Å². The topological polar surface area (TPSA) is 105 Å². The first-order valence-electron chi connectivity index (χ1n) is 16.1. The van der Waals surface area contributed by atoms with Crippen LogP contribution in [-0.4, -0.2) is 80.6 Å². The van der Waals surface area contributed by atoms with Crippen LogP contribution >= 0.6 is 35.0 Å². The van der Waals surface area contributed by atoms with Gasteiger partial charge in [-0.2, -0.15) is 4.31 Å². The summed E-state index contributed by atoms with van der Waals surface area (Å²) in [6.07, 6.45) is 2.86. The Labute approximate surface area is 312 Å². The van der Waals surface area contributed by atoms with Crippen LogP contribution in [0.15, 0.2) is 70.8 Å². The van der Waals surface area contributed by atoms with Crippen LogP contribution in [0.5, 0.6) is 5.75 Å². The van der Waals surface area contributed by atoms with Crippen molar-refractivity contribution in [2.75, 3.05) is 41.8 Å². The minimum Gasteiger partial charge on any atom is -0.548 e. The average Bonchev–Trinajstić information content (AvgIpc) is 3.48. The zero-order valence-corrected chi connectivity index (χ0v) is 32.7. The summed E-state index contributed by atoms with van der Waals surface area (Å²) in [5, 5.41) is 12.7. The summed E-state index contributed by atoms with van der Waals surface area (Å²) in [5.74, 6) is -2.39. The van der Waals surface area contributed by atoms with Crippen molar-refractivity contribution in [2.45, 2.75) is 60.4 Å². The molecule has 1 heterocycles. The molecule has 0 radical (unpaired) electrons. The van der Waals surface area contributed by atoms with Crippen LogP contribution in [0.2, 0.25) is 10.0 Å². The third-order valence-electron chi connectivity index (χ3n) is 8.73. The van der Waals surface area contributed by atoms with E-state index in [0.29, 0.717) is 43.2 Å². The van der Waals surface area contributed by atoms with Gasteiger partial charge in [-0.15, -0.1) is 0 Å². The van der Waals surface area contributed by atoms with Gasteiger partial charge < -0.3 is 19.1 Å². The standard InChI is InChI=1S/C36H42Cl2F2N4O5S2/c1-36(2,23-11-16-28(37)32(18-23)49-7)33-21-41-35(43(33)25-14-12-24(39)13-15-25)50-22-27-29(38)19-26(20-30(27)40)51(47,48)42(3)31(34(45)46)10-8-9-17-44(4,5)6/h11-16,18-21,31H,8-10,17,22H2,1-7H3/t31-/m0/s1. The molecule has 0 aliphatic rings. The molecular weight excluding hydrogens is 741 g/mol. The summed E-state index contributed by atoms with van der Waals surface area (Å²) in [5.41, 5.74) is 1.56. The normalized spacial score (nSPS) is 13.1. The van der Waals surface area contributed by atoms with Gasteiger partial charge in [0.2, 0.25) is 10.0 Å². The van der Waals surface area contributed by atoms with Gasteiger partial charge in [-0.05, 0) is 73.4 Å². The van der Waals surface area contributed by atoms with Gasteiger partial charge in [-0.1, -0.05) is 54.9 Å². The number of likely N-dealkylation sites (N-methyl/N-ethyl adjacent to an activating group) is 1. The highest BCUT2D eigenvalue weighted by Gasteiger charge is 2.32. The smallest absolute Gasteiger partial charge is 0.243 e. The first kappa shape index (κ1) is 40.6. The van der Waals surface area contributed by atoms with Crippen molar-refractivity contribution >= 4 is 51.0 Å². The molecule has 0 saturated carbocycles. The number of imidazole rings is 1. The van der Waals surface area contributed by atoms with E-state index in [1.807, 2.05) is 51.7 Å². The van der Waals surface area contributed by atoms with Crippen molar-refractivity contribution in [1.29, 1.82) is 0 Å². The quantitative estimate of drug-likeness (QED) is 0.0708. The number of hydrogen-bond donors (Lipinski definition) is 0. The number of ether oxygens (including phenoxy) is 1. The minimum atomic E-state index is -4.46. The molecule has 0 N–H and O–H groups in total. The molecule has 1 aromatic heterocycles. The number of aliphatic carboxylic acids is 1. The van der Waals surface area contributed by atoms with E-state index < -0.39 is 44.0 Å². The number of carboxylic acid groups (broad SMARTS) is 1. The molecule has 0 aliphatic carbocycles.